The molecule has 1 aromatic heterocycles. The standard InChI is InChI=1S/C13H23N5O/c1-5-11-15-12(17-14)10(4)13(16-11)18-6-8(2)19-9(3)7-18/h8-9H,5-7,14H2,1-4H3,(H,15,16,17). The van der Waals surface area contributed by atoms with Gasteiger partial charge in [-0.05, 0) is 20.8 Å². The third-order valence-corrected chi connectivity index (χ3v) is 3.34. The second kappa shape index (κ2) is 5.71. The Balaban J connectivity index is 2.37. The maximum absolute atomic E-state index is 5.77. The van der Waals surface area contributed by atoms with E-state index in [9.17, 15) is 0 Å². The number of hydrogen-bond acceptors (Lipinski definition) is 6. The maximum atomic E-state index is 5.77. The Bertz CT molecular complexity index is 441. The fourth-order valence-corrected chi connectivity index (χ4v) is 2.51. The van der Waals surface area contributed by atoms with Gasteiger partial charge in [-0.1, -0.05) is 6.92 Å². The van der Waals surface area contributed by atoms with Crippen molar-refractivity contribution in [2.24, 2.45) is 5.84 Å². The predicted molar refractivity (Wildman–Crippen MR) is 76.2 cm³/mol. The lowest BCUT2D eigenvalue weighted by molar-refractivity contribution is -0.00550. The summed E-state index contributed by atoms with van der Waals surface area (Å²) in [4.78, 5) is 11.3. The molecule has 6 nitrogen and oxygen atoms in total. The molecular weight excluding hydrogens is 242 g/mol. The SMILES string of the molecule is CCc1nc(NN)c(C)c(N2CC(C)OC(C)C2)n1. The molecule has 0 aliphatic carbocycles. The number of rotatable bonds is 3. The number of nitrogen functional groups attached to an aromatic ring is 1. The molecule has 1 fully saturated rings. The molecule has 19 heavy (non-hydrogen) atoms. The van der Waals surface area contributed by atoms with Crippen LogP contribution in [0.3, 0.4) is 0 Å². The Hall–Kier alpha value is -1.40. The van der Waals surface area contributed by atoms with Crippen LogP contribution >= 0.6 is 0 Å². The summed E-state index contributed by atoms with van der Waals surface area (Å²) in [6.45, 7) is 9.89. The van der Waals surface area contributed by atoms with Crippen molar-refractivity contribution in [3.05, 3.63) is 11.4 Å². The molecule has 0 aromatic carbocycles. The molecule has 1 aromatic rings. The third-order valence-electron chi connectivity index (χ3n) is 3.34. The molecule has 2 unspecified atom stereocenters. The van der Waals surface area contributed by atoms with Crippen molar-refractivity contribution in [2.45, 2.75) is 46.3 Å². The molecule has 0 bridgehead atoms. The van der Waals surface area contributed by atoms with Crippen molar-refractivity contribution in [1.82, 2.24) is 9.97 Å². The van der Waals surface area contributed by atoms with E-state index in [-0.39, 0.29) is 12.2 Å². The van der Waals surface area contributed by atoms with E-state index in [0.29, 0.717) is 5.82 Å². The van der Waals surface area contributed by atoms with E-state index >= 15 is 0 Å². The van der Waals surface area contributed by atoms with E-state index in [0.717, 1.165) is 36.7 Å². The summed E-state index contributed by atoms with van der Waals surface area (Å²) in [5, 5.41) is 0. The van der Waals surface area contributed by atoms with Crippen LogP contribution in [0.15, 0.2) is 0 Å². The minimum Gasteiger partial charge on any atom is -0.372 e. The number of morpholine rings is 1. The number of ether oxygens (including phenoxy) is 1. The lowest BCUT2D eigenvalue weighted by atomic mass is 10.2. The molecular formula is C13H23N5O. The Kier molecular flexibility index (Phi) is 4.21. The summed E-state index contributed by atoms with van der Waals surface area (Å²) < 4.78 is 5.77. The summed E-state index contributed by atoms with van der Waals surface area (Å²) in [6.07, 6.45) is 1.20. The predicted octanol–water partition coefficient (Wildman–Crippen LogP) is 1.25. The lowest BCUT2D eigenvalue weighted by Crippen LogP contribution is -2.46. The molecule has 3 N–H and O–H groups in total. The van der Waals surface area contributed by atoms with Crippen LogP contribution in [0, 0.1) is 6.92 Å². The normalized spacial score (nSPS) is 23.5. The van der Waals surface area contributed by atoms with Gasteiger partial charge in [0.2, 0.25) is 0 Å². The molecule has 0 amide bonds. The highest BCUT2D eigenvalue weighted by Crippen LogP contribution is 2.26. The van der Waals surface area contributed by atoms with Crippen LogP contribution in [0.25, 0.3) is 0 Å². The van der Waals surface area contributed by atoms with Crippen molar-refractivity contribution in [1.29, 1.82) is 0 Å². The van der Waals surface area contributed by atoms with E-state index in [4.69, 9.17) is 10.6 Å². The number of anilines is 2. The highest BCUT2D eigenvalue weighted by atomic mass is 16.5. The van der Waals surface area contributed by atoms with E-state index in [1.807, 2.05) is 13.8 Å². The van der Waals surface area contributed by atoms with Crippen LogP contribution in [-0.4, -0.2) is 35.3 Å². The van der Waals surface area contributed by atoms with Gasteiger partial charge in [-0.15, -0.1) is 0 Å². The van der Waals surface area contributed by atoms with Gasteiger partial charge in [-0.2, -0.15) is 0 Å². The van der Waals surface area contributed by atoms with Crippen LogP contribution in [0.2, 0.25) is 0 Å². The summed E-state index contributed by atoms with van der Waals surface area (Å²) >= 11 is 0. The van der Waals surface area contributed by atoms with E-state index in [1.165, 1.54) is 0 Å². The largest absolute Gasteiger partial charge is 0.372 e. The molecule has 0 saturated carbocycles. The molecule has 1 aliphatic rings. The highest BCUT2D eigenvalue weighted by Gasteiger charge is 2.25. The number of nitrogens with one attached hydrogen (secondary N) is 1. The number of aryl methyl sites for hydroxylation is 1. The quantitative estimate of drug-likeness (QED) is 0.632. The molecule has 2 rings (SSSR count). The van der Waals surface area contributed by atoms with Crippen molar-refractivity contribution >= 4 is 11.6 Å². The molecule has 1 aliphatic heterocycles. The molecule has 1 saturated heterocycles. The second-order valence-corrected chi connectivity index (χ2v) is 5.10. The van der Waals surface area contributed by atoms with Crippen molar-refractivity contribution < 1.29 is 4.74 Å². The van der Waals surface area contributed by atoms with E-state index in [1.54, 1.807) is 0 Å². The smallest absolute Gasteiger partial charge is 0.148 e. The Labute approximate surface area is 114 Å². The summed E-state index contributed by atoms with van der Waals surface area (Å²) in [6, 6.07) is 0. The van der Waals surface area contributed by atoms with Crippen LogP contribution in [-0.2, 0) is 11.2 Å². The molecule has 106 valence electrons. The molecule has 0 spiro atoms. The van der Waals surface area contributed by atoms with Crippen molar-refractivity contribution in [3.63, 3.8) is 0 Å². The van der Waals surface area contributed by atoms with Gasteiger partial charge in [0.1, 0.15) is 17.5 Å². The first-order valence-electron chi connectivity index (χ1n) is 6.79. The average Bonchev–Trinajstić information content (AvgIpc) is 2.37. The van der Waals surface area contributed by atoms with Gasteiger partial charge in [0.25, 0.3) is 0 Å². The number of nitrogens with zero attached hydrogens (tertiary/aromatic N) is 3. The summed E-state index contributed by atoms with van der Waals surface area (Å²) in [5.74, 6) is 8.01. The topological polar surface area (TPSA) is 76.3 Å². The van der Waals surface area contributed by atoms with Crippen LogP contribution < -0.4 is 16.2 Å². The van der Waals surface area contributed by atoms with Crippen molar-refractivity contribution in [3.8, 4) is 0 Å². The Morgan fingerprint density at radius 2 is 1.95 bits per heavy atom. The molecule has 6 heteroatoms. The number of hydrogen-bond donors (Lipinski definition) is 2. The van der Waals surface area contributed by atoms with Gasteiger partial charge < -0.3 is 15.1 Å². The first kappa shape index (κ1) is 14.0. The van der Waals surface area contributed by atoms with Crippen LogP contribution in [0.4, 0.5) is 11.6 Å². The fourth-order valence-electron chi connectivity index (χ4n) is 2.51. The van der Waals surface area contributed by atoms with Crippen LogP contribution in [0.1, 0.15) is 32.2 Å². The first-order valence-corrected chi connectivity index (χ1v) is 6.79. The lowest BCUT2D eigenvalue weighted by Gasteiger charge is -2.37. The monoisotopic (exact) mass is 265 g/mol. The first-order chi connectivity index (χ1) is 9.05. The van der Waals surface area contributed by atoms with Gasteiger partial charge >= 0.3 is 0 Å². The van der Waals surface area contributed by atoms with E-state index < -0.39 is 0 Å². The minimum atomic E-state index is 0.206. The Morgan fingerprint density at radius 3 is 2.47 bits per heavy atom. The zero-order valence-electron chi connectivity index (χ0n) is 12.1. The minimum absolute atomic E-state index is 0.206. The molecule has 2 atom stereocenters. The average molecular weight is 265 g/mol. The van der Waals surface area contributed by atoms with Gasteiger partial charge in [-0.3, -0.25) is 0 Å². The summed E-state index contributed by atoms with van der Waals surface area (Å²) in [7, 11) is 0. The molecule has 2 heterocycles. The number of hydrazine groups is 1. The molecule has 0 radical (unpaired) electrons. The highest BCUT2D eigenvalue weighted by molar-refractivity contribution is 5.58. The fraction of sp³-hybridized carbons (Fsp3) is 0.692. The van der Waals surface area contributed by atoms with Gasteiger partial charge in [0, 0.05) is 25.1 Å². The number of nitrogens with two attached hydrogens (primary N) is 1. The zero-order chi connectivity index (χ0) is 14.0. The summed E-state index contributed by atoms with van der Waals surface area (Å²) in [5.41, 5.74) is 3.65. The van der Waals surface area contributed by atoms with E-state index in [2.05, 4.69) is 34.1 Å². The zero-order valence-corrected chi connectivity index (χ0v) is 12.1. The van der Waals surface area contributed by atoms with Gasteiger partial charge in [0.05, 0.1) is 12.2 Å². The second-order valence-electron chi connectivity index (χ2n) is 5.10. The number of aromatic nitrogens is 2. The van der Waals surface area contributed by atoms with Gasteiger partial charge in [-0.25, -0.2) is 15.8 Å². The van der Waals surface area contributed by atoms with Crippen molar-refractivity contribution in [2.75, 3.05) is 23.4 Å². The Morgan fingerprint density at radius 1 is 1.32 bits per heavy atom. The van der Waals surface area contributed by atoms with Crippen LogP contribution in [0.5, 0.6) is 0 Å². The third kappa shape index (κ3) is 2.96. The maximum Gasteiger partial charge on any atom is 0.148 e. The van der Waals surface area contributed by atoms with Gasteiger partial charge in [0.15, 0.2) is 0 Å².